The van der Waals surface area contributed by atoms with E-state index in [1.807, 2.05) is 32.0 Å². The van der Waals surface area contributed by atoms with Gasteiger partial charge in [-0.25, -0.2) is 0 Å². The molecule has 0 radical (unpaired) electrons. The van der Waals surface area contributed by atoms with E-state index in [2.05, 4.69) is 58.0 Å². The van der Waals surface area contributed by atoms with Gasteiger partial charge in [0.2, 0.25) is 0 Å². The highest BCUT2D eigenvalue weighted by Gasteiger charge is 2.18. The Morgan fingerprint density at radius 1 is 1.11 bits per heavy atom. The Morgan fingerprint density at radius 2 is 1.81 bits per heavy atom. The normalized spacial score (nSPS) is 12.6. The molecule has 0 saturated carbocycles. The van der Waals surface area contributed by atoms with Crippen LogP contribution in [0.4, 0.5) is 5.69 Å². The number of carbonyl (C=O) groups excluding carboxylic acids is 1. The van der Waals surface area contributed by atoms with E-state index in [-0.39, 0.29) is 5.91 Å². The van der Waals surface area contributed by atoms with E-state index in [1.54, 1.807) is 0 Å². The number of nitriles is 1. The predicted octanol–water partition coefficient (Wildman–Crippen LogP) is 7.37. The summed E-state index contributed by atoms with van der Waals surface area (Å²) in [7, 11) is 0. The number of hydrogen-bond acceptors (Lipinski definition) is 4. The number of carbonyl (C=O) groups is 1. The van der Waals surface area contributed by atoms with Crippen molar-refractivity contribution in [3.63, 3.8) is 0 Å². The monoisotopic (exact) mass is 524 g/mol. The summed E-state index contributed by atoms with van der Waals surface area (Å²) in [4.78, 5) is 18.6. The van der Waals surface area contributed by atoms with Crippen molar-refractivity contribution in [3.05, 3.63) is 77.5 Å². The molecular formula is C29H37ClN4OS. The van der Waals surface area contributed by atoms with Crippen LogP contribution in [-0.2, 0) is 12.8 Å². The molecule has 36 heavy (non-hydrogen) atoms. The van der Waals surface area contributed by atoms with E-state index in [0.717, 1.165) is 36.0 Å². The van der Waals surface area contributed by atoms with Gasteiger partial charge in [-0.15, -0.1) is 13.2 Å². The maximum atomic E-state index is 12.9. The maximum absolute atomic E-state index is 12.9. The number of benzene rings is 2. The smallest absolute Gasteiger partial charge is 0.268 e. The van der Waals surface area contributed by atoms with Crippen LogP contribution in [0.5, 0.6) is 0 Å². The molecule has 7 heteroatoms. The summed E-state index contributed by atoms with van der Waals surface area (Å²) in [6.45, 7) is 12.8. The van der Waals surface area contributed by atoms with Crippen LogP contribution in [0.1, 0.15) is 54.7 Å². The van der Waals surface area contributed by atoms with E-state index in [9.17, 15) is 4.79 Å². The number of piperidine rings is 1. The average Bonchev–Trinajstić information content (AvgIpc) is 3.29. The second-order valence-corrected chi connectivity index (χ2v) is 9.39. The van der Waals surface area contributed by atoms with Crippen LogP contribution < -0.4 is 10.2 Å². The molecule has 1 aliphatic rings. The van der Waals surface area contributed by atoms with Crippen molar-refractivity contribution in [2.75, 3.05) is 30.3 Å². The summed E-state index contributed by atoms with van der Waals surface area (Å²) in [5, 5.41) is 15.6. The van der Waals surface area contributed by atoms with Crippen LogP contribution in [0.15, 0.2) is 55.6 Å². The highest BCUT2D eigenvalue weighted by molar-refractivity contribution is 8.03. The molecule has 1 aliphatic heterocycles. The zero-order valence-corrected chi connectivity index (χ0v) is 23.0. The van der Waals surface area contributed by atoms with Crippen LogP contribution in [-0.4, -0.2) is 36.3 Å². The lowest BCUT2D eigenvalue weighted by molar-refractivity contribution is 0.0949. The van der Waals surface area contributed by atoms with Crippen molar-refractivity contribution < 1.29 is 4.79 Å². The molecule has 1 amide bonds. The summed E-state index contributed by atoms with van der Waals surface area (Å²) in [6, 6.07) is 14.3. The first kappa shape index (κ1) is 29.4. The number of aryl methyl sites for hydroxylation is 1. The molecule has 4 rings (SSSR count). The van der Waals surface area contributed by atoms with Crippen molar-refractivity contribution in [3.8, 4) is 5.40 Å². The van der Waals surface area contributed by atoms with Crippen LogP contribution >= 0.6 is 23.4 Å². The van der Waals surface area contributed by atoms with Gasteiger partial charge in [0.05, 0.1) is 0 Å². The molecule has 192 valence electrons. The number of thioether (sulfide) groups is 1. The first-order valence-electron chi connectivity index (χ1n) is 12.6. The molecule has 2 N–H and O–H groups in total. The number of nitrogens with one attached hydrogen (secondary N) is 2. The first-order chi connectivity index (χ1) is 17.7. The van der Waals surface area contributed by atoms with Crippen molar-refractivity contribution in [1.29, 1.82) is 5.26 Å². The zero-order valence-electron chi connectivity index (χ0n) is 21.4. The molecule has 0 atom stereocenters. The molecule has 2 heterocycles. The lowest BCUT2D eigenvalue weighted by Gasteiger charge is -2.28. The zero-order chi connectivity index (χ0) is 26.3. The fourth-order valence-electron chi connectivity index (χ4n) is 4.31. The molecule has 1 saturated heterocycles. The summed E-state index contributed by atoms with van der Waals surface area (Å²) < 4.78 is 0. The van der Waals surface area contributed by atoms with Crippen LogP contribution in [0.3, 0.4) is 0 Å². The number of H-pyrrole nitrogens is 1. The largest absolute Gasteiger partial charge is 0.372 e. The average molecular weight is 525 g/mol. The van der Waals surface area contributed by atoms with Gasteiger partial charge in [-0.05, 0) is 85.3 Å². The molecule has 3 aromatic rings. The van der Waals surface area contributed by atoms with Gasteiger partial charge >= 0.3 is 0 Å². The fraction of sp³-hybridized carbons (Fsp3) is 0.379. The molecule has 2 aromatic carbocycles. The van der Waals surface area contributed by atoms with Crippen molar-refractivity contribution in [1.82, 2.24) is 10.3 Å². The summed E-state index contributed by atoms with van der Waals surface area (Å²) in [5.74, 6) is 0.499. The molecule has 0 spiro atoms. The van der Waals surface area contributed by atoms with E-state index in [1.165, 1.54) is 42.3 Å². The number of aromatic amines is 1. The summed E-state index contributed by atoms with van der Waals surface area (Å²) in [5.41, 5.74) is 4.84. The second-order valence-electron chi connectivity index (χ2n) is 8.08. The Morgan fingerprint density at radius 3 is 2.47 bits per heavy atom. The number of fused-ring (bicyclic) bond motifs is 1. The minimum atomic E-state index is -0.126. The van der Waals surface area contributed by atoms with Gasteiger partial charge in [-0.1, -0.05) is 37.6 Å². The van der Waals surface area contributed by atoms with E-state index >= 15 is 0 Å². The molecular weight excluding hydrogens is 488 g/mol. The van der Waals surface area contributed by atoms with Crippen molar-refractivity contribution in [2.45, 2.75) is 46.0 Å². The van der Waals surface area contributed by atoms with Crippen molar-refractivity contribution >= 4 is 45.9 Å². The molecule has 1 aromatic heterocycles. The van der Waals surface area contributed by atoms with Gasteiger partial charge in [0.15, 0.2) is 0 Å². The highest BCUT2D eigenvalue weighted by atomic mass is 35.5. The third-order valence-electron chi connectivity index (χ3n) is 5.97. The van der Waals surface area contributed by atoms with E-state index < -0.39 is 0 Å². The number of anilines is 1. The molecule has 0 bridgehead atoms. The third kappa shape index (κ3) is 8.08. The molecule has 0 aliphatic carbocycles. The van der Waals surface area contributed by atoms with E-state index in [0.29, 0.717) is 29.4 Å². The Labute approximate surface area is 224 Å². The predicted molar refractivity (Wildman–Crippen MR) is 156 cm³/mol. The molecule has 0 unspecified atom stereocenters. The standard InChI is InChI=1S/C25H27ClN4OS.C2H6.C2H4/c26-19-6-9-23-22(16-19)21(11-15-32-17-27)24(29-23)25(31)28-12-10-18-4-7-20(8-5-18)30-13-2-1-3-14-30;2*1-2/h4-9,16,29H,1-3,10-15H2,(H,28,31);1-2H3;1-2H2. The summed E-state index contributed by atoms with van der Waals surface area (Å²) in [6.07, 6.45) is 5.27. The number of halogens is 1. The Kier molecular flexibility index (Phi) is 13.0. The lowest BCUT2D eigenvalue weighted by atomic mass is 10.1. The molecule has 5 nitrogen and oxygen atoms in total. The van der Waals surface area contributed by atoms with Crippen LogP contribution in [0.25, 0.3) is 10.9 Å². The Hall–Kier alpha value is -2.88. The fourth-order valence-corrected chi connectivity index (χ4v) is 4.88. The summed E-state index contributed by atoms with van der Waals surface area (Å²) >= 11 is 7.37. The van der Waals surface area contributed by atoms with Crippen LogP contribution in [0, 0.1) is 10.7 Å². The third-order valence-corrected chi connectivity index (χ3v) is 6.74. The first-order valence-corrected chi connectivity index (χ1v) is 13.9. The van der Waals surface area contributed by atoms with Gasteiger partial charge in [0.1, 0.15) is 11.1 Å². The van der Waals surface area contributed by atoms with Crippen LogP contribution in [0.2, 0.25) is 5.02 Å². The quantitative estimate of drug-likeness (QED) is 0.183. The van der Waals surface area contributed by atoms with Gasteiger partial charge < -0.3 is 15.2 Å². The van der Waals surface area contributed by atoms with Gasteiger partial charge in [-0.2, -0.15) is 5.26 Å². The number of amides is 1. The topological polar surface area (TPSA) is 71.9 Å². The number of hydrogen-bond donors (Lipinski definition) is 2. The number of nitrogens with zero attached hydrogens (tertiary/aromatic N) is 2. The second kappa shape index (κ2) is 16.0. The Bertz CT molecular complexity index is 1130. The van der Waals surface area contributed by atoms with E-state index in [4.69, 9.17) is 16.9 Å². The lowest BCUT2D eigenvalue weighted by Crippen LogP contribution is -2.29. The Balaban J connectivity index is 0.00000109. The SMILES string of the molecule is C=C.CC.N#CSCCc1c(C(=O)NCCc2ccc(N3CCCCC3)cc2)[nH]c2ccc(Cl)cc12. The number of aromatic nitrogens is 1. The van der Waals surface area contributed by atoms with Gasteiger partial charge in [0, 0.05) is 47.0 Å². The number of rotatable bonds is 8. The molecule has 1 fully saturated rings. The van der Waals surface area contributed by atoms with Gasteiger partial charge in [-0.3, -0.25) is 4.79 Å². The van der Waals surface area contributed by atoms with Gasteiger partial charge in [0.25, 0.3) is 5.91 Å². The van der Waals surface area contributed by atoms with Crippen molar-refractivity contribution in [2.24, 2.45) is 0 Å². The minimum Gasteiger partial charge on any atom is -0.372 e. The number of thiocyanates is 1. The maximum Gasteiger partial charge on any atom is 0.268 e. The minimum absolute atomic E-state index is 0.126. The highest BCUT2D eigenvalue weighted by Crippen LogP contribution is 2.27.